The third kappa shape index (κ3) is 6.55. The second-order valence-corrected chi connectivity index (χ2v) is 17.4. The second-order valence-electron chi connectivity index (χ2n) is 16.4. The lowest BCUT2D eigenvalue weighted by atomic mass is 9.85. The van der Waals surface area contributed by atoms with Crippen molar-refractivity contribution in [1.29, 1.82) is 0 Å². The fourth-order valence-electron chi connectivity index (χ4n) is 9.71. The van der Waals surface area contributed by atoms with E-state index in [1.54, 1.807) is 0 Å². The lowest BCUT2D eigenvalue weighted by molar-refractivity contribution is 1.29. The first-order valence-electron chi connectivity index (χ1n) is 21.9. The first kappa shape index (κ1) is 37.7. The highest BCUT2D eigenvalue weighted by Gasteiger charge is 2.23. The van der Waals surface area contributed by atoms with Gasteiger partial charge in [0.05, 0.1) is 5.69 Å². The Morgan fingerprint density at radius 3 is 1.45 bits per heavy atom. The van der Waals surface area contributed by atoms with Crippen LogP contribution in [0.15, 0.2) is 249 Å². The minimum atomic E-state index is 1.08. The molecule has 2 heteroatoms. The fourth-order valence-corrected chi connectivity index (χ4v) is 10.9. The third-order valence-electron chi connectivity index (χ3n) is 12.7. The predicted molar refractivity (Wildman–Crippen MR) is 276 cm³/mol. The Labute approximate surface area is 377 Å². The summed E-state index contributed by atoms with van der Waals surface area (Å²) in [5.74, 6) is 0. The van der Waals surface area contributed by atoms with Gasteiger partial charge in [0.25, 0.3) is 0 Å². The van der Waals surface area contributed by atoms with E-state index < -0.39 is 0 Å². The van der Waals surface area contributed by atoms with Gasteiger partial charge in [-0.05, 0) is 114 Å². The van der Waals surface area contributed by atoms with Crippen LogP contribution in [0.3, 0.4) is 0 Å². The van der Waals surface area contributed by atoms with Crippen LogP contribution < -0.4 is 4.90 Å². The van der Waals surface area contributed by atoms with Crippen molar-refractivity contribution in [3.05, 3.63) is 249 Å². The van der Waals surface area contributed by atoms with Gasteiger partial charge < -0.3 is 4.90 Å². The molecule has 11 aromatic carbocycles. The van der Waals surface area contributed by atoms with Gasteiger partial charge in [0.1, 0.15) is 0 Å². The maximum Gasteiger partial charge on any atom is 0.0540 e. The van der Waals surface area contributed by atoms with E-state index in [-0.39, 0.29) is 0 Å². The molecule has 64 heavy (non-hydrogen) atoms. The summed E-state index contributed by atoms with van der Waals surface area (Å²) in [7, 11) is 0. The number of nitrogens with zero attached hydrogens (tertiary/aromatic N) is 1. The number of hydrogen-bond acceptors (Lipinski definition) is 2. The second kappa shape index (κ2) is 16.0. The zero-order chi connectivity index (χ0) is 42.4. The average Bonchev–Trinajstić information content (AvgIpc) is 3.76. The summed E-state index contributed by atoms with van der Waals surface area (Å²) in [5, 5.41) is 7.55. The van der Waals surface area contributed by atoms with Gasteiger partial charge in [-0.25, -0.2) is 0 Å². The Balaban J connectivity index is 1.12. The van der Waals surface area contributed by atoms with Gasteiger partial charge in [0.2, 0.25) is 0 Å². The molecular weight excluding hydrogens is 791 g/mol. The summed E-state index contributed by atoms with van der Waals surface area (Å²) in [5.41, 5.74) is 15.3. The molecule has 12 aromatic rings. The Bertz CT molecular complexity index is 3630. The lowest BCUT2D eigenvalue weighted by Crippen LogP contribution is -2.11. The van der Waals surface area contributed by atoms with E-state index in [9.17, 15) is 0 Å². The van der Waals surface area contributed by atoms with Gasteiger partial charge in [-0.15, -0.1) is 11.3 Å². The minimum Gasteiger partial charge on any atom is -0.310 e. The molecule has 0 bridgehead atoms. The van der Waals surface area contributed by atoms with Crippen molar-refractivity contribution in [1.82, 2.24) is 0 Å². The van der Waals surface area contributed by atoms with Gasteiger partial charge in [-0.2, -0.15) is 0 Å². The number of benzene rings is 11. The highest BCUT2D eigenvalue weighted by Crippen LogP contribution is 2.49. The van der Waals surface area contributed by atoms with Gasteiger partial charge in [0, 0.05) is 37.1 Å². The molecule has 0 spiro atoms. The van der Waals surface area contributed by atoms with Gasteiger partial charge in [-0.3, -0.25) is 0 Å². The summed E-state index contributed by atoms with van der Waals surface area (Å²) >= 11 is 1.88. The van der Waals surface area contributed by atoms with Gasteiger partial charge >= 0.3 is 0 Å². The van der Waals surface area contributed by atoms with Crippen LogP contribution in [0.5, 0.6) is 0 Å². The van der Waals surface area contributed by atoms with Crippen LogP contribution in [0.4, 0.5) is 17.1 Å². The summed E-state index contributed by atoms with van der Waals surface area (Å²) < 4.78 is 2.63. The Hall–Kier alpha value is -8.04. The van der Waals surface area contributed by atoms with Crippen molar-refractivity contribution < 1.29 is 0 Å². The van der Waals surface area contributed by atoms with Crippen molar-refractivity contribution >= 4 is 70.1 Å². The molecule has 0 fully saturated rings. The Morgan fingerprint density at radius 2 is 0.766 bits per heavy atom. The molecule has 1 heterocycles. The molecule has 0 N–H and O–H groups in total. The van der Waals surface area contributed by atoms with E-state index in [0.29, 0.717) is 0 Å². The topological polar surface area (TPSA) is 3.24 Å². The van der Waals surface area contributed by atoms with E-state index in [0.717, 1.165) is 28.2 Å². The summed E-state index contributed by atoms with van der Waals surface area (Å²) in [6, 6.07) is 91.0. The van der Waals surface area contributed by atoms with E-state index in [4.69, 9.17) is 0 Å². The smallest absolute Gasteiger partial charge is 0.0540 e. The monoisotopic (exact) mass is 831 g/mol. The van der Waals surface area contributed by atoms with E-state index >= 15 is 0 Å². The van der Waals surface area contributed by atoms with Crippen LogP contribution in [-0.2, 0) is 0 Å². The zero-order valence-corrected chi connectivity index (χ0v) is 35.8. The molecular formula is C62H41NS. The van der Waals surface area contributed by atoms with Crippen LogP contribution in [0, 0.1) is 0 Å². The lowest BCUT2D eigenvalue weighted by Gasteiger charge is -2.29. The maximum absolute atomic E-state index is 2.46. The molecule has 300 valence electrons. The summed E-state index contributed by atoms with van der Waals surface area (Å²) in [6.07, 6.45) is 0. The molecule has 1 nitrogen and oxygen atoms in total. The van der Waals surface area contributed by atoms with Crippen LogP contribution in [0.1, 0.15) is 0 Å². The molecule has 0 saturated carbocycles. The molecule has 0 amide bonds. The number of thiophene rings is 1. The molecule has 0 aliphatic rings. The molecule has 1 aromatic heterocycles. The first-order chi connectivity index (χ1) is 31.8. The van der Waals surface area contributed by atoms with Crippen molar-refractivity contribution in [3.8, 4) is 55.6 Å². The normalized spacial score (nSPS) is 11.4. The Kier molecular flexibility index (Phi) is 9.43. The fraction of sp³-hybridized carbons (Fsp3) is 0. The van der Waals surface area contributed by atoms with Crippen LogP contribution in [0.2, 0.25) is 0 Å². The molecule has 0 radical (unpaired) electrons. The standard InChI is InChI=1S/C62H41NS/c1-5-18-42(19-6-1)47-34-39-58(56(40-47)43-20-7-2-8-21-43)63(48-35-32-44(33-36-48)50-29-17-30-55-53-27-15-16-31-59(53)64-62(50)55)49-37-38-52-51-26-13-14-28-54(51)60(45-22-9-3-10-23-45)61(57(52)41-49)46-24-11-4-12-25-46/h1-41H. The van der Waals surface area contributed by atoms with Gasteiger partial charge in [0.15, 0.2) is 0 Å². The van der Waals surface area contributed by atoms with Crippen molar-refractivity contribution in [2.45, 2.75) is 0 Å². The molecule has 0 aliphatic heterocycles. The Morgan fingerprint density at radius 1 is 0.266 bits per heavy atom. The highest BCUT2D eigenvalue weighted by atomic mass is 32.1. The SMILES string of the molecule is c1ccc(-c2ccc(N(c3ccc(-c4cccc5c4sc4ccccc45)cc3)c3ccc4c(c3)c(-c3ccccc3)c(-c3ccccc3)c3ccccc34)c(-c3ccccc3)c2)cc1. The molecule has 0 unspecified atom stereocenters. The summed E-state index contributed by atoms with van der Waals surface area (Å²) in [6.45, 7) is 0. The van der Waals surface area contributed by atoms with E-state index in [1.807, 2.05) is 11.3 Å². The molecule has 0 atom stereocenters. The predicted octanol–water partition coefficient (Wildman–Crippen LogP) is 18.2. The minimum absolute atomic E-state index is 1.08. The largest absolute Gasteiger partial charge is 0.310 e. The molecule has 12 rings (SSSR count). The van der Waals surface area contributed by atoms with E-state index in [2.05, 4.69) is 254 Å². The average molecular weight is 832 g/mol. The molecule has 0 aliphatic carbocycles. The number of anilines is 3. The highest BCUT2D eigenvalue weighted by molar-refractivity contribution is 7.26. The third-order valence-corrected chi connectivity index (χ3v) is 13.9. The zero-order valence-electron chi connectivity index (χ0n) is 35.0. The number of fused-ring (bicyclic) bond motifs is 6. The number of rotatable bonds is 8. The van der Waals surface area contributed by atoms with Crippen molar-refractivity contribution in [2.24, 2.45) is 0 Å². The summed E-state index contributed by atoms with van der Waals surface area (Å²) in [4.78, 5) is 2.46. The van der Waals surface area contributed by atoms with Crippen LogP contribution in [-0.4, -0.2) is 0 Å². The van der Waals surface area contributed by atoms with E-state index in [1.165, 1.54) is 86.2 Å². The molecule has 0 saturated heterocycles. The van der Waals surface area contributed by atoms with Crippen LogP contribution >= 0.6 is 11.3 Å². The maximum atomic E-state index is 2.46. The van der Waals surface area contributed by atoms with Crippen molar-refractivity contribution in [3.63, 3.8) is 0 Å². The number of hydrogen-bond donors (Lipinski definition) is 0. The van der Waals surface area contributed by atoms with Crippen molar-refractivity contribution in [2.75, 3.05) is 4.90 Å². The van der Waals surface area contributed by atoms with Gasteiger partial charge in [-0.1, -0.05) is 206 Å². The quantitative estimate of drug-likeness (QED) is 0.138. The van der Waals surface area contributed by atoms with Crippen LogP contribution in [0.25, 0.3) is 97.4 Å². The first-order valence-corrected chi connectivity index (χ1v) is 22.7.